The maximum Gasteiger partial charge on any atom is 0.266 e. The highest BCUT2D eigenvalue weighted by Gasteiger charge is 2.15. The molecule has 0 aliphatic heterocycles. The zero-order valence-electron chi connectivity index (χ0n) is 10.7. The predicted octanol–water partition coefficient (Wildman–Crippen LogP) is 0.654. The SMILES string of the molecule is CC=CNCCCS(=O)(=O)NC(=O)c1cccnc1. The van der Waals surface area contributed by atoms with Gasteiger partial charge in [0.05, 0.1) is 11.3 Å². The van der Waals surface area contributed by atoms with Crippen LogP contribution in [0.25, 0.3) is 0 Å². The van der Waals surface area contributed by atoms with E-state index in [1.165, 1.54) is 18.5 Å². The third-order valence-electron chi connectivity index (χ3n) is 2.19. The molecule has 7 heteroatoms. The molecule has 0 saturated carbocycles. The van der Waals surface area contributed by atoms with Crippen LogP contribution in [0, 0.1) is 0 Å². The van der Waals surface area contributed by atoms with E-state index in [-0.39, 0.29) is 11.3 Å². The molecule has 0 aliphatic rings. The molecular weight excluding hydrogens is 266 g/mol. The standard InChI is InChI=1S/C12H17N3O3S/c1-2-6-13-8-4-9-19(17,18)15-12(16)11-5-3-7-14-10-11/h2-3,5-7,10,13H,4,8-9H2,1H3,(H,15,16). The lowest BCUT2D eigenvalue weighted by atomic mass is 10.3. The summed E-state index contributed by atoms with van der Waals surface area (Å²) >= 11 is 0. The van der Waals surface area contributed by atoms with Gasteiger partial charge in [0.15, 0.2) is 0 Å². The summed E-state index contributed by atoms with van der Waals surface area (Å²) in [4.78, 5) is 15.4. The number of allylic oxidation sites excluding steroid dienone is 1. The highest BCUT2D eigenvalue weighted by molar-refractivity contribution is 7.90. The van der Waals surface area contributed by atoms with E-state index >= 15 is 0 Å². The summed E-state index contributed by atoms with van der Waals surface area (Å²) in [5, 5.41) is 2.92. The quantitative estimate of drug-likeness (QED) is 0.717. The number of pyridine rings is 1. The topological polar surface area (TPSA) is 88.2 Å². The monoisotopic (exact) mass is 283 g/mol. The number of hydrogen-bond acceptors (Lipinski definition) is 5. The molecule has 0 atom stereocenters. The van der Waals surface area contributed by atoms with E-state index in [0.717, 1.165) is 0 Å². The Morgan fingerprint density at radius 3 is 2.89 bits per heavy atom. The van der Waals surface area contributed by atoms with Crippen molar-refractivity contribution in [2.45, 2.75) is 13.3 Å². The van der Waals surface area contributed by atoms with E-state index in [0.29, 0.717) is 13.0 Å². The van der Waals surface area contributed by atoms with Crippen LogP contribution in [-0.2, 0) is 10.0 Å². The van der Waals surface area contributed by atoms with Crippen LogP contribution in [0.4, 0.5) is 0 Å². The number of carbonyl (C=O) groups excluding carboxylic acids is 1. The smallest absolute Gasteiger partial charge is 0.266 e. The molecule has 0 aromatic carbocycles. The van der Waals surface area contributed by atoms with Crippen molar-refractivity contribution in [2.75, 3.05) is 12.3 Å². The number of nitrogens with zero attached hydrogens (tertiary/aromatic N) is 1. The third-order valence-corrected chi connectivity index (χ3v) is 3.51. The number of hydrogen-bond donors (Lipinski definition) is 2. The second kappa shape index (κ2) is 7.52. The van der Waals surface area contributed by atoms with E-state index in [1.54, 1.807) is 12.3 Å². The zero-order chi connectivity index (χ0) is 14.1. The van der Waals surface area contributed by atoms with Gasteiger partial charge in [-0.15, -0.1) is 0 Å². The molecule has 0 unspecified atom stereocenters. The van der Waals surface area contributed by atoms with Crippen LogP contribution in [0.15, 0.2) is 36.8 Å². The lowest BCUT2D eigenvalue weighted by molar-refractivity contribution is 0.0981. The third kappa shape index (κ3) is 6.01. The molecule has 0 fully saturated rings. The molecule has 1 rings (SSSR count). The summed E-state index contributed by atoms with van der Waals surface area (Å²) in [6.07, 6.45) is 6.80. The van der Waals surface area contributed by atoms with Crippen molar-refractivity contribution in [1.29, 1.82) is 0 Å². The average Bonchev–Trinajstić information content (AvgIpc) is 2.39. The summed E-state index contributed by atoms with van der Waals surface area (Å²) in [7, 11) is -3.61. The molecular formula is C12H17N3O3S. The van der Waals surface area contributed by atoms with Crippen molar-refractivity contribution in [1.82, 2.24) is 15.0 Å². The Hall–Kier alpha value is -1.89. The normalized spacial score (nSPS) is 11.4. The first-order valence-corrected chi connectivity index (χ1v) is 7.50. The van der Waals surface area contributed by atoms with Crippen LogP contribution in [-0.4, -0.2) is 31.6 Å². The van der Waals surface area contributed by atoms with Crippen molar-refractivity contribution in [3.63, 3.8) is 0 Å². The van der Waals surface area contributed by atoms with Crippen molar-refractivity contribution in [3.8, 4) is 0 Å². The zero-order valence-corrected chi connectivity index (χ0v) is 11.5. The first-order chi connectivity index (χ1) is 9.05. The number of aromatic nitrogens is 1. The van der Waals surface area contributed by atoms with Crippen LogP contribution in [0.5, 0.6) is 0 Å². The number of carbonyl (C=O) groups is 1. The van der Waals surface area contributed by atoms with Crippen LogP contribution < -0.4 is 10.0 Å². The van der Waals surface area contributed by atoms with E-state index in [1.807, 2.05) is 17.7 Å². The van der Waals surface area contributed by atoms with Crippen molar-refractivity contribution in [2.24, 2.45) is 0 Å². The van der Waals surface area contributed by atoms with Crippen LogP contribution >= 0.6 is 0 Å². The Bertz CT molecular complexity index is 526. The van der Waals surface area contributed by atoms with Crippen LogP contribution in [0.2, 0.25) is 0 Å². The van der Waals surface area contributed by atoms with Gasteiger partial charge in [-0.3, -0.25) is 9.78 Å². The molecule has 1 amide bonds. The largest absolute Gasteiger partial charge is 0.391 e. The fourth-order valence-electron chi connectivity index (χ4n) is 1.31. The highest BCUT2D eigenvalue weighted by Crippen LogP contribution is 1.98. The fraction of sp³-hybridized carbons (Fsp3) is 0.333. The average molecular weight is 283 g/mol. The Labute approximate surface area is 113 Å². The Morgan fingerprint density at radius 1 is 1.47 bits per heavy atom. The summed E-state index contributed by atoms with van der Waals surface area (Å²) in [6.45, 7) is 2.39. The van der Waals surface area contributed by atoms with Crippen molar-refractivity contribution < 1.29 is 13.2 Å². The van der Waals surface area contributed by atoms with Gasteiger partial charge in [-0.2, -0.15) is 0 Å². The minimum absolute atomic E-state index is 0.108. The number of sulfonamides is 1. The minimum Gasteiger partial charge on any atom is -0.391 e. The molecule has 0 saturated heterocycles. The second-order valence-corrected chi connectivity index (χ2v) is 5.64. The van der Waals surface area contributed by atoms with Gasteiger partial charge < -0.3 is 5.32 Å². The fourth-order valence-corrected chi connectivity index (χ4v) is 2.34. The van der Waals surface area contributed by atoms with Gasteiger partial charge >= 0.3 is 0 Å². The Morgan fingerprint density at radius 2 is 2.26 bits per heavy atom. The molecule has 2 N–H and O–H groups in total. The molecule has 1 aromatic heterocycles. The summed E-state index contributed by atoms with van der Waals surface area (Å²) in [5.74, 6) is -0.765. The molecule has 19 heavy (non-hydrogen) atoms. The van der Waals surface area contributed by atoms with Gasteiger partial charge in [0.1, 0.15) is 0 Å². The first kappa shape index (κ1) is 15.2. The summed E-state index contributed by atoms with van der Waals surface area (Å²) < 4.78 is 25.3. The minimum atomic E-state index is -3.61. The Balaban J connectivity index is 2.44. The van der Waals surface area contributed by atoms with Gasteiger partial charge in [-0.25, -0.2) is 13.1 Å². The van der Waals surface area contributed by atoms with Gasteiger partial charge in [0.25, 0.3) is 5.91 Å². The van der Waals surface area contributed by atoms with Crippen molar-refractivity contribution in [3.05, 3.63) is 42.4 Å². The molecule has 6 nitrogen and oxygen atoms in total. The van der Waals surface area contributed by atoms with Crippen LogP contribution in [0.3, 0.4) is 0 Å². The van der Waals surface area contributed by atoms with Crippen molar-refractivity contribution >= 4 is 15.9 Å². The number of rotatable bonds is 7. The lowest BCUT2D eigenvalue weighted by Crippen LogP contribution is -2.33. The lowest BCUT2D eigenvalue weighted by Gasteiger charge is -2.06. The number of nitrogens with one attached hydrogen (secondary N) is 2. The second-order valence-electron chi connectivity index (χ2n) is 3.80. The molecule has 1 heterocycles. The van der Waals surface area contributed by atoms with E-state index in [9.17, 15) is 13.2 Å². The van der Waals surface area contributed by atoms with Gasteiger partial charge in [-0.1, -0.05) is 6.08 Å². The first-order valence-electron chi connectivity index (χ1n) is 5.84. The molecule has 0 spiro atoms. The summed E-state index contributed by atoms with van der Waals surface area (Å²) in [5.41, 5.74) is 0.220. The van der Waals surface area contributed by atoms with E-state index < -0.39 is 15.9 Å². The van der Waals surface area contributed by atoms with Gasteiger partial charge in [-0.05, 0) is 31.7 Å². The maximum absolute atomic E-state index is 11.6. The molecule has 0 aliphatic carbocycles. The predicted molar refractivity (Wildman–Crippen MR) is 72.9 cm³/mol. The summed E-state index contributed by atoms with van der Waals surface area (Å²) in [6, 6.07) is 3.08. The molecule has 1 aromatic rings. The van der Waals surface area contributed by atoms with Crippen LogP contribution in [0.1, 0.15) is 23.7 Å². The van der Waals surface area contributed by atoms with E-state index in [4.69, 9.17) is 0 Å². The number of amides is 1. The molecule has 0 radical (unpaired) electrons. The molecule has 104 valence electrons. The highest BCUT2D eigenvalue weighted by atomic mass is 32.2. The maximum atomic E-state index is 11.6. The van der Waals surface area contributed by atoms with Gasteiger partial charge in [0.2, 0.25) is 10.0 Å². The molecule has 0 bridgehead atoms. The van der Waals surface area contributed by atoms with Gasteiger partial charge in [0, 0.05) is 18.9 Å². The Kier molecular flexibility index (Phi) is 6.01. The van der Waals surface area contributed by atoms with E-state index in [2.05, 4.69) is 10.3 Å².